The number of carbonyl (C=O) groups excluding carboxylic acids is 4. The summed E-state index contributed by atoms with van der Waals surface area (Å²) in [5.74, 6) is -1.40. The Bertz CT molecular complexity index is 1400. The molecule has 1 aliphatic heterocycles. The monoisotopic (exact) mass is 619 g/mol. The quantitative estimate of drug-likeness (QED) is 0.169. The number of hydrogen-bond donors (Lipinski definition) is 2. The normalized spacial score (nSPS) is 14.0. The van der Waals surface area contributed by atoms with Crippen molar-refractivity contribution in [3.8, 4) is 5.75 Å². The van der Waals surface area contributed by atoms with Crippen LogP contribution in [-0.2, 0) is 20.9 Å². The molecule has 0 saturated carbocycles. The smallest absolute Gasteiger partial charge is 0.373 e. The highest BCUT2D eigenvalue weighted by atomic mass is 127. The third-order valence-corrected chi connectivity index (χ3v) is 5.92. The molecule has 2 N–H and O–H groups in total. The van der Waals surface area contributed by atoms with Gasteiger partial charge in [0, 0.05) is 5.69 Å². The molecule has 12 heteroatoms. The van der Waals surface area contributed by atoms with Crippen molar-refractivity contribution in [1.29, 1.82) is 0 Å². The molecule has 4 rings (SSSR count). The van der Waals surface area contributed by atoms with Gasteiger partial charge in [-0.05, 0) is 82.8 Å². The zero-order valence-electron chi connectivity index (χ0n) is 19.2. The van der Waals surface area contributed by atoms with Gasteiger partial charge in [0.25, 0.3) is 11.8 Å². The van der Waals surface area contributed by atoms with Crippen LogP contribution in [-0.4, -0.2) is 42.4 Å². The van der Waals surface area contributed by atoms with Crippen LogP contribution in [0.3, 0.4) is 0 Å². The third kappa shape index (κ3) is 6.33. The number of nitrogens with one attached hydrogen (secondary N) is 2. The van der Waals surface area contributed by atoms with Crippen molar-refractivity contribution in [1.82, 2.24) is 10.2 Å². The van der Waals surface area contributed by atoms with Crippen molar-refractivity contribution in [3.63, 3.8) is 0 Å². The van der Waals surface area contributed by atoms with E-state index in [0.29, 0.717) is 20.6 Å². The minimum Gasteiger partial charge on any atom is -0.483 e. The van der Waals surface area contributed by atoms with Gasteiger partial charge in [0.15, 0.2) is 6.61 Å². The maximum atomic E-state index is 13.0. The Kier molecular flexibility index (Phi) is 7.86. The van der Waals surface area contributed by atoms with Crippen molar-refractivity contribution in [2.45, 2.75) is 6.54 Å². The largest absolute Gasteiger partial charge is 0.483 e. The number of rotatable bonds is 8. The summed E-state index contributed by atoms with van der Waals surface area (Å²) in [4.78, 5) is 49.7. The van der Waals surface area contributed by atoms with E-state index in [0.717, 1.165) is 4.90 Å². The molecule has 2 heterocycles. The first-order valence-corrected chi connectivity index (χ1v) is 11.8. The second-order valence-corrected chi connectivity index (χ2v) is 8.83. The number of benzene rings is 2. The predicted octanol–water partition coefficient (Wildman–Crippen LogP) is 3.92. The fourth-order valence-corrected chi connectivity index (χ4v) is 4.00. The van der Waals surface area contributed by atoms with E-state index < -0.39 is 29.6 Å². The summed E-state index contributed by atoms with van der Waals surface area (Å²) >= 11 is 2.03. The molecule has 190 valence electrons. The number of furan rings is 1. The Morgan fingerprint density at radius 3 is 2.59 bits per heavy atom. The first-order valence-electron chi connectivity index (χ1n) is 10.7. The topological polar surface area (TPSA) is 127 Å². The number of halogens is 2. The molecule has 4 amide bonds. The minimum absolute atomic E-state index is 0.0369. The molecule has 3 aromatic rings. The van der Waals surface area contributed by atoms with Crippen molar-refractivity contribution >= 4 is 58.2 Å². The maximum Gasteiger partial charge on any atom is 0.373 e. The second kappa shape index (κ2) is 11.2. The highest BCUT2D eigenvalue weighted by molar-refractivity contribution is 14.1. The van der Waals surface area contributed by atoms with Crippen LogP contribution in [0.1, 0.15) is 21.9 Å². The van der Waals surface area contributed by atoms with Gasteiger partial charge < -0.3 is 24.5 Å². The Labute approximate surface area is 223 Å². The molecule has 0 aliphatic carbocycles. The molecule has 37 heavy (non-hydrogen) atoms. The molecule has 1 aliphatic rings. The Balaban J connectivity index is 1.37. The zero-order chi connectivity index (χ0) is 26.5. The number of nitrogens with zero attached hydrogens (tertiary/aromatic N) is 1. The molecule has 2 aromatic carbocycles. The van der Waals surface area contributed by atoms with Gasteiger partial charge in [0.05, 0.1) is 17.2 Å². The zero-order valence-corrected chi connectivity index (χ0v) is 21.4. The number of carbonyl (C=O) groups is 4. The van der Waals surface area contributed by atoms with E-state index >= 15 is 0 Å². The van der Waals surface area contributed by atoms with Gasteiger partial charge in [-0.2, -0.15) is 0 Å². The van der Waals surface area contributed by atoms with Crippen LogP contribution in [0.4, 0.5) is 14.9 Å². The molecule has 0 radical (unpaired) electrons. The van der Waals surface area contributed by atoms with E-state index in [2.05, 4.69) is 15.4 Å². The molecule has 1 saturated heterocycles. The minimum atomic E-state index is -0.667. The molecule has 1 aromatic heterocycles. The third-order valence-electron chi connectivity index (χ3n) is 5.08. The first-order chi connectivity index (χ1) is 17.7. The SMILES string of the molecule is COC(=O)c1ccc(CN2C(=O)N/C(=C\c3ccc(OCC(=O)Nc4ccc(F)cc4)c(I)c3)C2=O)o1. The van der Waals surface area contributed by atoms with E-state index in [9.17, 15) is 23.6 Å². The van der Waals surface area contributed by atoms with Crippen molar-refractivity contribution in [2.75, 3.05) is 19.0 Å². The average Bonchev–Trinajstić information content (AvgIpc) is 3.45. The van der Waals surface area contributed by atoms with E-state index in [1.165, 1.54) is 49.6 Å². The van der Waals surface area contributed by atoms with E-state index in [1.54, 1.807) is 18.2 Å². The first kappa shape index (κ1) is 25.9. The highest BCUT2D eigenvalue weighted by Gasteiger charge is 2.34. The fourth-order valence-electron chi connectivity index (χ4n) is 3.31. The molecular formula is C25H19FIN3O7. The van der Waals surface area contributed by atoms with Gasteiger partial charge in [-0.3, -0.25) is 14.5 Å². The Hall–Kier alpha value is -4.20. The molecule has 0 atom stereocenters. The van der Waals surface area contributed by atoms with Gasteiger partial charge in [0.2, 0.25) is 5.76 Å². The molecule has 10 nitrogen and oxygen atoms in total. The Morgan fingerprint density at radius 1 is 1.14 bits per heavy atom. The molecular weight excluding hydrogens is 600 g/mol. The number of anilines is 1. The summed E-state index contributed by atoms with van der Waals surface area (Å²) < 4.78 is 29.1. The lowest BCUT2D eigenvalue weighted by Crippen LogP contribution is -2.30. The summed E-state index contributed by atoms with van der Waals surface area (Å²) in [6.45, 7) is -0.426. The average molecular weight is 619 g/mol. The lowest BCUT2D eigenvalue weighted by Gasteiger charge is -2.10. The van der Waals surface area contributed by atoms with Crippen LogP contribution in [0.2, 0.25) is 0 Å². The number of esters is 1. The predicted molar refractivity (Wildman–Crippen MR) is 137 cm³/mol. The number of hydrogen-bond acceptors (Lipinski definition) is 7. The summed E-state index contributed by atoms with van der Waals surface area (Å²) in [7, 11) is 1.21. The summed E-state index contributed by atoms with van der Waals surface area (Å²) in [6, 6.07) is 12.6. The van der Waals surface area contributed by atoms with Gasteiger partial charge in [-0.1, -0.05) is 6.07 Å². The van der Waals surface area contributed by atoms with Crippen molar-refractivity contribution in [3.05, 3.63) is 86.8 Å². The number of methoxy groups -OCH3 is 1. The summed E-state index contributed by atoms with van der Waals surface area (Å²) in [5.41, 5.74) is 1.12. The molecule has 0 spiro atoms. The molecule has 0 bridgehead atoms. The van der Waals surface area contributed by atoms with Crippen LogP contribution in [0.5, 0.6) is 5.75 Å². The second-order valence-electron chi connectivity index (χ2n) is 7.67. The van der Waals surface area contributed by atoms with Gasteiger partial charge in [-0.25, -0.2) is 14.0 Å². The lowest BCUT2D eigenvalue weighted by molar-refractivity contribution is -0.123. The van der Waals surface area contributed by atoms with Crippen LogP contribution >= 0.6 is 22.6 Å². The summed E-state index contributed by atoms with van der Waals surface area (Å²) in [6.07, 6.45) is 1.51. The van der Waals surface area contributed by atoms with Crippen molar-refractivity contribution in [2.24, 2.45) is 0 Å². The van der Waals surface area contributed by atoms with Gasteiger partial charge in [-0.15, -0.1) is 0 Å². The fraction of sp³-hybridized carbons (Fsp3) is 0.120. The lowest BCUT2D eigenvalue weighted by atomic mass is 10.2. The number of urea groups is 1. The number of ether oxygens (including phenoxy) is 2. The number of amides is 4. The Morgan fingerprint density at radius 2 is 1.89 bits per heavy atom. The van der Waals surface area contributed by atoms with Gasteiger partial charge in [0.1, 0.15) is 23.0 Å². The van der Waals surface area contributed by atoms with Crippen molar-refractivity contribution < 1.29 is 37.5 Å². The van der Waals surface area contributed by atoms with Gasteiger partial charge >= 0.3 is 12.0 Å². The van der Waals surface area contributed by atoms with Crippen LogP contribution < -0.4 is 15.4 Å². The van der Waals surface area contributed by atoms with E-state index in [4.69, 9.17) is 9.15 Å². The highest BCUT2D eigenvalue weighted by Crippen LogP contribution is 2.25. The standard InChI is InChI=1S/C25H19FIN3O7/c1-35-24(33)21-9-7-17(37-21)12-30-23(32)19(29-25(30)34)11-14-2-8-20(18(27)10-14)36-13-22(31)28-16-5-3-15(26)4-6-16/h2-11H,12-13H2,1H3,(H,28,31)(H,29,34)/b19-11-. The van der Waals surface area contributed by atoms with E-state index in [1.807, 2.05) is 22.6 Å². The van der Waals surface area contributed by atoms with Crippen LogP contribution in [0, 0.1) is 9.39 Å². The van der Waals surface area contributed by atoms with E-state index in [-0.39, 0.29) is 30.4 Å². The maximum absolute atomic E-state index is 13.0. The molecule has 1 fully saturated rings. The summed E-state index contributed by atoms with van der Waals surface area (Å²) in [5, 5.41) is 5.12. The van der Waals surface area contributed by atoms with Crippen LogP contribution in [0.15, 0.2) is 64.7 Å². The number of imide groups is 1. The van der Waals surface area contributed by atoms with Crippen LogP contribution in [0.25, 0.3) is 6.08 Å². The molecule has 0 unspecified atom stereocenters.